The third-order valence-electron chi connectivity index (χ3n) is 3.08. The third-order valence-corrected chi connectivity index (χ3v) is 3.08. The zero-order valence-corrected chi connectivity index (χ0v) is 12.9. The molecule has 0 radical (unpaired) electrons. The van der Waals surface area contributed by atoms with Gasteiger partial charge in [0.2, 0.25) is 0 Å². The van der Waals surface area contributed by atoms with Crippen LogP contribution < -0.4 is 0 Å². The summed E-state index contributed by atoms with van der Waals surface area (Å²) in [6.07, 6.45) is 8.17. The Bertz CT molecular complexity index is 360. The zero-order chi connectivity index (χ0) is 16.1. The van der Waals surface area contributed by atoms with Crippen LogP contribution in [0.25, 0.3) is 0 Å². The Morgan fingerprint density at radius 3 is 1.71 bits per heavy atom. The zero-order valence-electron chi connectivity index (χ0n) is 12.9. The van der Waals surface area contributed by atoms with Crippen molar-refractivity contribution in [3.05, 3.63) is 12.2 Å². The van der Waals surface area contributed by atoms with Crippen molar-refractivity contribution in [1.29, 1.82) is 0 Å². The average Bonchev–Trinajstić information content (AvgIpc) is 2.40. The van der Waals surface area contributed by atoms with Crippen molar-refractivity contribution in [3.8, 4) is 0 Å². The molecule has 0 saturated carbocycles. The Morgan fingerprint density at radius 1 is 0.857 bits per heavy atom. The minimum Gasteiger partial charge on any atom is -0.481 e. The normalized spacial score (nSPS) is 10.1. The Labute approximate surface area is 126 Å². The van der Waals surface area contributed by atoms with Gasteiger partial charge in [-0.2, -0.15) is 0 Å². The van der Waals surface area contributed by atoms with Crippen molar-refractivity contribution in [2.24, 2.45) is 0 Å². The quantitative estimate of drug-likeness (QED) is 0.257. The standard InChI is InChI=1S/C16H26O5/c1-13(2)16(20)21-15(19)12-10-8-6-4-3-5-7-9-11-14(17)18/h1,3-12H2,2H3,(H,17,18). The van der Waals surface area contributed by atoms with Crippen LogP contribution in [0.1, 0.15) is 71.1 Å². The molecule has 5 heteroatoms. The first-order valence-electron chi connectivity index (χ1n) is 7.55. The number of aliphatic carboxylic acids is 1. The number of rotatable bonds is 12. The molecule has 0 aliphatic carbocycles. The number of unbranched alkanes of at least 4 members (excludes halogenated alkanes) is 7. The Hall–Kier alpha value is -1.65. The molecule has 0 aromatic carbocycles. The van der Waals surface area contributed by atoms with Crippen LogP contribution in [0.3, 0.4) is 0 Å². The molecule has 120 valence electrons. The molecule has 0 unspecified atom stereocenters. The fourth-order valence-electron chi connectivity index (χ4n) is 1.85. The molecule has 1 N–H and O–H groups in total. The summed E-state index contributed by atoms with van der Waals surface area (Å²) in [5.41, 5.74) is 0.228. The van der Waals surface area contributed by atoms with Gasteiger partial charge in [-0.25, -0.2) is 4.79 Å². The maximum absolute atomic E-state index is 11.3. The number of ether oxygens (including phenoxy) is 1. The number of carboxylic acid groups (broad SMARTS) is 1. The van der Waals surface area contributed by atoms with Crippen molar-refractivity contribution in [2.45, 2.75) is 71.1 Å². The van der Waals surface area contributed by atoms with E-state index in [-0.39, 0.29) is 18.4 Å². The maximum atomic E-state index is 11.3. The van der Waals surface area contributed by atoms with Crippen molar-refractivity contribution in [1.82, 2.24) is 0 Å². The summed E-state index contributed by atoms with van der Waals surface area (Å²) in [5.74, 6) is -1.87. The second-order valence-corrected chi connectivity index (χ2v) is 5.26. The first-order chi connectivity index (χ1) is 9.93. The van der Waals surface area contributed by atoms with Crippen LogP contribution >= 0.6 is 0 Å². The average molecular weight is 298 g/mol. The van der Waals surface area contributed by atoms with E-state index in [4.69, 9.17) is 5.11 Å². The number of esters is 2. The highest BCUT2D eigenvalue weighted by Gasteiger charge is 2.10. The molecular formula is C16H26O5. The highest BCUT2D eigenvalue weighted by molar-refractivity contribution is 5.95. The van der Waals surface area contributed by atoms with Gasteiger partial charge in [0.05, 0.1) is 0 Å². The van der Waals surface area contributed by atoms with E-state index >= 15 is 0 Å². The third kappa shape index (κ3) is 13.1. The molecular weight excluding hydrogens is 272 g/mol. The molecule has 0 heterocycles. The smallest absolute Gasteiger partial charge is 0.340 e. The van der Waals surface area contributed by atoms with Gasteiger partial charge in [-0.3, -0.25) is 9.59 Å². The molecule has 0 saturated heterocycles. The van der Waals surface area contributed by atoms with Crippen molar-refractivity contribution in [2.75, 3.05) is 0 Å². The Balaban J connectivity index is 3.32. The molecule has 0 amide bonds. The monoisotopic (exact) mass is 298 g/mol. The first-order valence-corrected chi connectivity index (χ1v) is 7.55. The number of hydrogen-bond donors (Lipinski definition) is 1. The molecule has 0 bridgehead atoms. The molecule has 0 atom stereocenters. The summed E-state index contributed by atoms with van der Waals surface area (Å²) in [7, 11) is 0. The fourth-order valence-corrected chi connectivity index (χ4v) is 1.85. The van der Waals surface area contributed by atoms with Gasteiger partial charge in [0.1, 0.15) is 0 Å². The molecule has 0 fully saturated rings. The molecule has 0 aromatic rings. The largest absolute Gasteiger partial charge is 0.481 e. The van der Waals surface area contributed by atoms with E-state index in [0.717, 1.165) is 51.4 Å². The van der Waals surface area contributed by atoms with E-state index in [0.29, 0.717) is 0 Å². The van der Waals surface area contributed by atoms with Crippen LogP contribution in [0.15, 0.2) is 12.2 Å². The summed E-state index contributed by atoms with van der Waals surface area (Å²) in [4.78, 5) is 32.7. The van der Waals surface area contributed by atoms with E-state index in [1.807, 2.05) is 0 Å². The summed E-state index contributed by atoms with van der Waals surface area (Å²) in [6.45, 7) is 4.92. The van der Waals surface area contributed by atoms with Crippen LogP contribution in [0.2, 0.25) is 0 Å². The molecule has 0 rings (SSSR count). The second-order valence-electron chi connectivity index (χ2n) is 5.26. The predicted octanol–water partition coefficient (Wildman–Crippen LogP) is 3.62. The maximum Gasteiger partial charge on any atom is 0.340 e. The molecule has 0 aromatic heterocycles. The van der Waals surface area contributed by atoms with Gasteiger partial charge in [0.15, 0.2) is 0 Å². The van der Waals surface area contributed by atoms with Crippen molar-refractivity contribution < 1.29 is 24.2 Å². The second kappa shape index (κ2) is 12.1. The number of carbonyl (C=O) groups is 3. The fraction of sp³-hybridized carbons (Fsp3) is 0.688. The van der Waals surface area contributed by atoms with Gasteiger partial charge in [-0.15, -0.1) is 0 Å². The van der Waals surface area contributed by atoms with E-state index in [2.05, 4.69) is 11.3 Å². The molecule has 21 heavy (non-hydrogen) atoms. The van der Waals surface area contributed by atoms with Gasteiger partial charge >= 0.3 is 17.9 Å². The summed E-state index contributed by atoms with van der Waals surface area (Å²) in [5, 5.41) is 8.48. The van der Waals surface area contributed by atoms with Gasteiger partial charge in [0, 0.05) is 18.4 Å². The van der Waals surface area contributed by atoms with Gasteiger partial charge in [0.25, 0.3) is 0 Å². The van der Waals surface area contributed by atoms with Crippen LogP contribution in [-0.2, 0) is 19.1 Å². The minimum atomic E-state index is -0.730. The highest BCUT2D eigenvalue weighted by Crippen LogP contribution is 2.11. The topological polar surface area (TPSA) is 80.7 Å². The van der Waals surface area contributed by atoms with E-state index in [9.17, 15) is 14.4 Å². The SMILES string of the molecule is C=C(C)C(=O)OC(=O)CCCCCCCCCCC(=O)O. The number of carboxylic acids is 1. The van der Waals surface area contributed by atoms with Crippen LogP contribution in [0.5, 0.6) is 0 Å². The van der Waals surface area contributed by atoms with E-state index in [1.54, 1.807) is 0 Å². The number of hydrogen-bond acceptors (Lipinski definition) is 4. The lowest BCUT2D eigenvalue weighted by molar-refractivity contribution is -0.157. The first kappa shape index (κ1) is 19.4. The molecule has 0 aliphatic heterocycles. The summed E-state index contributed by atoms with van der Waals surface area (Å²) in [6, 6.07) is 0. The predicted molar refractivity (Wildman–Crippen MR) is 79.7 cm³/mol. The van der Waals surface area contributed by atoms with Gasteiger partial charge in [-0.1, -0.05) is 45.1 Å². The summed E-state index contributed by atoms with van der Waals surface area (Å²) >= 11 is 0. The van der Waals surface area contributed by atoms with Crippen molar-refractivity contribution in [3.63, 3.8) is 0 Å². The van der Waals surface area contributed by atoms with E-state index in [1.165, 1.54) is 6.92 Å². The summed E-state index contributed by atoms with van der Waals surface area (Å²) < 4.78 is 4.58. The molecule has 0 aliphatic rings. The highest BCUT2D eigenvalue weighted by atomic mass is 16.6. The Morgan fingerprint density at radius 2 is 1.29 bits per heavy atom. The van der Waals surface area contributed by atoms with Crippen LogP contribution in [-0.4, -0.2) is 23.0 Å². The molecule has 0 spiro atoms. The van der Waals surface area contributed by atoms with E-state index < -0.39 is 17.9 Å². The van der Waals surface area contributed by atoms with Gasteiger partial charge in [-0.05, 0) is 19.8 Å². The van der Waals surface area contributed by atoms with Crippen LogP contribution in [0, 0.1) is 0 Å². The minimum absolute atomic E-state index is 0.228. The Kier molecular flexibility index (Phi) is 11.2. The van der Waals surface area contributed by atoms with Gasteiger partial charge < -0.3 is 9.84 Å². The lowest BCUT2D eigenvalue weighted by Gasteiger charge is -2.03. The number of carbonyl (C=O) groups excluding carboxylic acids is 2. The van der Waals surface area contributed by atoms with Crippen molar-refractivity contribution >= 4 is 17.9 Å². The lowest BCUT2D eigenvalue weighted by atomic mass is 10.1. The van der Waals surface area contributed by atoms with Crippen LogP contribution in [0.4, 0.5) is 0 Å². The molecule has 5 nitrogen and oxygen atoms in total. The lowest BCUT2D eigenvalue weighted by Crippen LogP contribution is -2.12.